The summed E-state index contributed by atoms with van der Waals surface area (Å²) in [4.78, 5) is 0. The lowest BCUT2D eigenvalue weighted by molar-refractivity contribution is 0.750. The minimum atomic E-state index is 0.847. The zero-order valence-corrected chi connectivity index (χ0v) is 5.02. The Morgan fingerprint density at radius 1 is 1.60 bits per heavy atom. The average Bonchev–Trinajstić information content (AvgIpc) is 1.38. The lowest BCUT2D eigenvalue weighted by Gasteiger charge is -1.90. The third-order valence-corrected chi connectivity index (χ3v) is 1.41. The Hall–Kier alpha value is 0.430. The lowest BCUT2D eigenvalue weighted by Crippen LogP contribution is -1.82. The van der Waals surface area contributed by atoms with Gasteiger partial charge in [0.05, 0.1) is 0 Å². The Morgan fingerprint density at radius 2 is 1.80 bits per heavy atom. The fourth-order valence-electron chi connectivity index (χ4n) is 0. The second kappa shape index (κ2) is 2.66. The Morgan fingerprint density at radius 3 is 1.80 bits per heavy atom. The van der Waals surface area contributed by atoms with Crippen LogP contribution in [0.25, 0.3) is 0 Å². The second-order valence-corrected chi connectivity index (χ2v) is 2.10. The molecule has 0 aromatic heterocycles. The van der Waals surface area contributed by atoms with Gasteiger partial charge in [-0.2, -0.15) is 0 Å². The summed E-state index contributed by atoms with van der Waals surface area (Å²) in [6.07, 6.45) is 1.22. The topological polar surface area (TPSA) is 0 Å². The largest absolute Gasteiger partial charge is 0.137 e. The van der Waals surface area contributed by atoms with Gasteiger partial charge >= 0.3 is 0 Å². The Bertz CT molecular complexity index is 17.6. The van der Waals surface area contributed by atoms with Crippen molar-refractivity contribution >= 4 is 9.24 Å². The van der Waals surface area contributed by atoms with E-state index in [1.165, 1.54) is 6.16 Å². The molecule has 0 aliphatic rings. The van der Waals surface area contributed by atoms with Gasteiger partial charge in [0.15, 0.2) is 0 Å². The molecule has 0 aliphatic heterocycles. The molecule has 0 amide bonds. The molecule has 0 saturated heterocycles. The van der Waals surface area contributed by atoms with Crippen molar-refractivity contribution in [2.45, 2.75) is 13.8 Å². The van der Waals surface area contributed by atoms with Crippen molar-refractivity contribution < 1.29 is 0 Å². The number of hydrogen-bond acceptors (Lipinski definition) is 0. The maximum absolute atomic E-state index is 2.69. The van der Waals surface area contributed by atoms with Crippen LogP contribution in [-0.2, 0) is 0 Å². The van der Waals surface area contributed by atoms with Crippen molar-refractivity contribution in [3.05, 3.63) is 0 Å². The van der Waals surface area contributed by atoms with Crippen LogP contribution < -0.4 is 0 Å². The smallest absolute Gasteiger partial charge is 0.0358 e. The van der Waals surface area contributed by atoms with Crippen LogP contribution in [-0.4, -0.2) is 6.16 Å². The Balaban J connectivity index is 2.54. The highest BCUT2D eigenvalue weighted by atomic mass is 31.0. The van der Waals surface area contributed by atoms with E-state index in [4.69, 9.17) is 0 Å². The molecule has 0 aliphatic carbocycles. The highest BCUT2D eigenvalue weighted by molar-refractivity contribution is 7.16. The third-order valence-electron chi connectivity index (χ3n) is 0.471. The van der Waals surface area contributed by atoms with Crippen LogP contribution in [0.2, 0.25) is 0 Å². The first-order valence-electron chi connectivity index (χ1n) is 1.97. The Kier molecular flexibility index (Phi) is 2.88. The van der Waals surface area contributed by atoms with Crippen molar-refractivity contribution in [3.8, 4) is 0 Å². The van der Waals surface area contributed by atoms with E-state index in [0.29, 0.717) is 0 Å². The van der Waals surface area contributed by atoms with Crippen LogP contribution in [0.1, 0.15) is 13.8 Å². The second-order valence-electron chi connectivity index (χ2n) is 1.63. The number of hydrogen-bond donors (Lipinski definition) is 0. The molecule has 0 bridgehead atoms. The van der Waals surface area contributed by atoms with E-state index in [0.717, 1.165) is 5.92 Å². The molecule has 0 heterocycles. The molecule has 0 spiro atoms. The predicted molar refractivity (Wildman–Crippen MR) is 29.4 cm³/mol. The van der Waals surface area contributed by atoms with Gasteiger partial charge in [0.25, 0.3) is 0 Å². The van der Waals surface area contributed by atoms with Crippen LogP contribution in [0.15, 0.2) is 0 Å². The summed E-state index contributed by atoms with van der Waals surface area (Å²) in [5.41, 5.74) is 0. The fraction of sp³-hybridized carbons (Fsp3) is 1.00. The summed E-state index contributed by atoms with van der Waals surface area (Å²) in [5.74, 6) is 0.847. The molecule has 0 aromatic rings. The zero-order chi connectivity index (χ0) is 4.28. The van der Waals surface area contributed by atoms with Crippen LogP contribution in [0, 0.1) is 5.92 Å². The van der Waals surface area contributed by atoms with Crippen LogP contribution >= 0.6 is 9.24 Å². The highest BCUT2D eigenvalue weighted by Crippen LogP contribution is 1.94. The molecule has 0 radical (unpaired) electrons. The summed E-state index contributed by atoms with van der Waals surface area (Å²) in [6.45, 7) is 4.40. The molecular formula is C4H11P. The molecular weight excluding hydrogens is 79.0 g/mol. The van der Waals surface area contributed by atoms with Gasteiger partial charge in [-0.15, -0.1) is 9.24 Å². The molecule has 0 saturated carbocycles. The van der Waals surface area contributed by atoms with Crippen LogP contribution in [0.5, 0.6) is 0 Å². The third kappa shape index (κ3) is 4.43. The fourth-order valence-corrected chi connectivity index (χ4v) is 0. The van der Waals surface area contributed by atoms with E-state index in [1.807, 2.05) is 0 Å². The minimum Gasteiger partial charge on any atom is -0.137 e. The highest BCUT2D eigenvalue weighted by Gasteiger charge is 1.80. The number of rotatable bonds is 1. The standard InChI is InChI=1S/C4H11P/c1-4(2)3-5/h4H,3,5H2,1-2H3. The van der Waals surface area contributed by atoms with Crippen molar-refractivity contribution in [2.75, 3.05) is 6.16 Å². The van der Waals surface area contributed by atoms with Crippen molar-refractivity contribution in [2.24, 2.45) is 5.92 Å². The molecule has 1 unspecified atom stereocenters. The summed E-state index contributed by atoms with van der Waals surface area (Å²) < 4.78 is 0. The first-order valence-corrected chi connectivity index (χ1v) is 2.79. The quantitative estimate of drug-likeness (QED) is 0.428. The van der Waals surface area contributed by atoms with Crippen LogP contribution in [0.3, 0.4) is 0 Å². The normalized spacial score (nSPS) is 9.60. The molecule has 0 fully saturated rings. The molecule has 32 valence electrons. The predicted octanol–water partition coefficient (Wildman–Crippen LogP) is 1.52. The summed E-state index contributed by atoms with van der Waals surface area (Å²) >= 11 is 0. The maximum atomic E-state index is 2.69. The van der Waals surface area contributed by atoms with Gasteiger partial charge in [-0.05, 0) is 12.1 Å². The molecule has 1 heteroatoms. The van der Waals surface area contributed by atoms with E-state index in [9.17, 15) is 0 Å². The summed E-state index contributed by atoms with van der Waals surface area (Å²) in [7, 11) is 2.69. The average molecular weight is 90.1 g/mol. The van der Waals surface area contributed by atoms with Crippen molar-refractivity contribution in [1.82, 2.24) is 0 Å². The maximum Gasteiger partial charge on any atom is -0.0358 e. The molecule has 0 nitrogen and oxygen atoms in total. The Labute approximate surface area is 36.2 Å². The molecule has 1 atom stereocenters. The van der Waals surface area contributed by atoms with E-state index in [2.05, 4.69) is 23.1 Å². The van der Waals surface area contributed by atoms with E-state index in [1.54, 1.807) is 0 Å². The van der Waals surface area contributed by atoms with Crippen molar-refractivity contribution in [3.63, 3.8) is 0 Å². The SMILES string of the molecule is CC(C)CP. The van der Waals surface area contributed by atoms with Gasteiger partial charge < -0.3 is 0 Å². The van der Waals surface area contributed by atoms with Gasteiger partial charge in [-0.3, -0.25) is 0 Å². The van der Waals surface area contributed by atoms with Gasteiger partial charge in [0.2, 0.25) is 0 Å². The first kappa shape index (κ1) is 5.43. The summed E-state index contributed by atoms with van der Waals surface area (Å²) in [6, 6.07) is 0. The first-order chi connectivity index (χ1) is 2.27. The van der Waals surface area contributed by atoms with Gasteiger partial charge in [-0.1, -0.05) is 13.8 Å². The molecule has 0 aromatic carbocycles. The summed E-state index contributed by atoms with van der Waals surface area (Å²) in [5, 5.41) is 0. The van der Waals surface area contributed by atoms with Gasteiger partial charge in [-0.25, -0.2) is 0 Å². The van der Waals surface area contributed by atoms with Gasteiger partial charge in [0, 0.05) is 0 Å². The monoisotopic (exact) mass is 90.1 g/mol. The van der Waals surface area contributed by atoms with Gasteiger partial charge in [0.1, 0.15) is 0 Å². The minimum absolute atomic E-state index is 0.847. The van der Waals surface area contributed by atoms with E-state index in [-0.39, 0.29) is 0 Å². The van der Waals surface area contributed by atoms with E-state index >= 15 is 0 Å². The molecule has 0 rings (SSSR count). The van der Waals surface area contributed by atoms with E-state index < -0.39 is 0 Å². The zero-order valence-electron chi connectivity index (χ0n) is 3.86. The molecule has 5 heavy (non-hydrogen) atoms. The molecule has 0 N–H and O–H groups in total. The lowest BCUT2D eigenvalue weighted by atomic mass is 10.3. The van der Waals surface area contributed by atoms with Crippen LogP contribution in [0.4, 0.5) is 0 Å². The van der Waals surface area contributed by atoms with Crippen molar-refractivity contribution in [1.29, 1.82) is 0 Å².